The largest absolute Gasteiger partial charge is 0.394 e. The third-order valence-electron chi connectivity index (χ3n) is 8.47. The first kappa shape index (κ1) is 21.6. The molecule has 0 aromatic carbocycles. The van der Waals surface area contributed by atoms with E-state index in [9.17, 15) is 13.2 Å². The maximum atomic E-state index is 13.6. The van der Waals surface area contributed by atoms with Crippen molar-refractivity contribution in [3.8, 4) is 0 Å². The number of halogens is 3. The van der Waals surface area contributed by atoms with Crippen LogP contribution in [-0.4, -0.2) is 42.0 Å². The summed E-state index contributed by atoms with van der Waals surface area (Å²) in [6.07, 6.45) is 5.34. The molecule has 8 rings (SSSR count). The third-order valence-corrected chi connectivity index (χ3v) is 8.47. The molecule has 3 aromatic rings. The lowest BCUT2D eigenvalue weighted by Gasteiger charge is -2.70. The van der Waals surface area contributed by atoms with E-state index in [-0.39, 0.29) is 37.4 Å². The van der Waals surface area contributed by atoms with Crippen molar-refractivity contribution in [2.75, 3.05) is 0 Å². The first-order chi connectivity index (χ1) is 16.6. The fraction of sp³-hybridized carbons (Fsp3) is 0.640. The minimum absolute atomic E-state index is 0.00202. The fourth-order valence-electron chi connectivity index (χ4n) is 6.53. The quantitative estimate of drug-likeness (QED) is 0.502. The Balaban J connectivity index is 1.24. The Morgan fingerprint density at radius 1 is 1.06 bits per heavy atom. The molecular formula is C25H27F3N6O. The Labute approximate surface area is 200 Å². The highest BCUT2D eigenvalue weighted by molar-refractivity contribution is 5.75. The maximum absolute atomic E-state index is 13.6. The number of hydrogen-bond acceptors (Lipinski definition) is 6. The van der Waals surface area contributed by atoms with Gasteiger partial charge in [0.15, 0.2) is 5.65 Å². The topological polar surface area (TPSA) is 78.6 Å². The van der Waals surface area contributed by atoms with Crippen LogP contribution in [0.2, 0.25) is 0 Å². The number of nitrogens with zero attached hydrogens (tertiary/aromatic N) is 6. The zero-order valence-electron chi connectivity index (χ0n) is 19.7. The molecule has 4 saturated carbocycles. The van der Waals surface area contributed by atoms with Crippen LogP contribution in [0, 0.1) is 12.3 Å². The van der Waals surface area contributed by atoms with Crippen LogP contribution in [0.3, 0.4) is 0 Å². The van der Waals surface area contributed by atoms with E-state index in [0.717, 1.165) is 30.5 Å². The second-order valence-corrected chi connectivity index (χ2v) is 11.3. The molecule has 0 amide bonds. The van der Waals surface area contributed by atoms with E-state index >= 15 is 0 Å². The van der Waals surface area contributed by atoms with Gasteiger partial charge in [-0.25, -0.2) is 19.9 Å². The summed E-state index contributed by atoms with van der Waals surface area (Å²) >= 11 is 0. The van der Waals surface area contributed by atoms with Crippen LogP contribution in [-0.2, 0) is 10.2 Å². The first-order valence-electron chi connectivity index (χ1n) is 12.4. The summed E-state index contributed by atoms with van der Waals surface area (Å²) < 4.78 is 49.0. The summed E-state index contributed by atoms with van der Waals surface area (Å²) in [4.78, 5) is 18.9. The second-order valence-electron chi connectivity index (χ2n) is 11.3. The van der Waals surface area contributed by atoms with Gasteiger partial charge in [0.25, 0.3) is 0 Å². The van der Waals surface area contributed by atoms with Gasteiger partial charge < -0.3 is 4.74 Å². The smallest absolute Gasteiger partial charge is 0.370 e. The SMILES string of the molecule is Cc1cnc2c(C34CC(C(F)(F)F)(C3)C4)nc([C@@H]3C[C@@H](C)O[C@@H](c4cnn(C5CC5)c4)C3)nc2n1. The molecule has 35 heavy (non-hydrogen) atoms. The monoisotopic (exact) mass is 484 g/mol. The Morgan fingerprint density at radius 2 is 1.83 bits per heavy atom. The Bertz CT molecular complexity index is 1310. The standard InChI is InChI=1S/C25H27F3N6O/c1-13-7-29-19-20(23-10-24(11-23,12-23)25(26,27)28)32-21(33-22(19)31-13)15-5-14(2)35-18(6-15)16-8-30-34(9-16)17-3-4-17/h7-9,14-15,17-18H,3-6,10-12H2,1-2H3/t14-,15-,18-,23?,24?/m1/s1. The molecule has 4 aliphatic carbocycles. The summed E-state index contributed by atoms with van der Waals surface area (Å²) in [5.41, 5.74) is 1.32. The van der Waals surface area contributed by atoms with Crippen molar-refractivity contribution in [3.63, 3.8) is 0 Å². The van der Waals surface area contributed by atoms with Crippen LogP contribution >= 0.6 is 0 Å². The minimum Gasteiger partial charge on any atom is -0.370 e. The predicted molar refractivity (Wildman–Crippen MR) is 120 cm³/mol. The number of hydrogen-bond donors (Lipinski definition) is 0. The molecule has 4 heterocycles. The van der Waals surface area contributed by atoms with Gasteiger partial charge in [-0.2, -0.15) is 18.3 Å². The van der Waals surface area contributed by atoms with Gasteiger partial charge in [-0.1, -0.05) is 0 Å². The van der Waals surface area contributed by atoms with Gasteiger partial charge >= 0.3 is 6.18 Å². The Morgan fingerprint density at radius 3 is 2.54 bits per heavy atom. The highest BCUT2D eigenvalue weighted by Gasteiger charge is 2.79. The van der Waals surface area contributed by atoms with Crippen LogP contribution in [0.5, 0.6) is 0 Å². The fourth-order valence-corrected chi connectivity index (χ4v) is 6.53. The molecule has 184 valence electrons. The van der Waals surface area contributed by atoms with Crippen LogP contribution < -0.4 is 0 Å². The normalized spacial score (nSPS) is 34.5. The lowest BCUT2D eigenvalue weighted by molar-refractivity contribution is -0.337. The van der Waals surface area contributed by atoms with Gasteiger partial charge in [-0.15, -0.1) is 0 Å². The molecule has 5 fully saturated rings. The number of aryl methyl sites for hydroxylation is 1. The lowest BCUT2D eigenvalue weighted by atomic mass is 9.34. The van der Waals surface area contributed by atoms with Crippen molar-refractivity contribution in [2.24, 2.45) is 5.41 Å². The number of alkyl halides is 3. The van der Waals surface area contributed by atoms with Crippen molar-refractivity contribution in [1.29, 1.82) is 0 Å². The number of rotatable bonds is 4. The van der Waals surface area contributed by atoms with Gasteiger partial charge in [0.2, 0.25) is 0 Å². The molecule has 3 aromatic heterocycles. The van der Waals surface area contributed by atoms with E-state index in [1.165, 1.54) is 0 Å². The van der Waals surface area contributed by atoms with E-state index < -0.39 is 17.0 Å². The summed E-state index contributed by atoms with van der Waals surface area (Å²) in [6.45, 7) is 3.89. The van der Waals surface area contributed by atoms with Gasteiger partial charge in [0, 0.05) is 29.3 Å². The number of ether oxygens (including phenoxy) is 1. The van der Waals surface area contributed by atoms with Crippen LogP contribution in [0.4, 0.5) is 13.2 Å². The summed E-state index contributed by atoms with van der Waals surface area (Å²) in [5.74, 6) is 0.662. The van der Waals surface area contributed by atoms with E-state index in [4.69, 9.17) is 14.7 Å². The highest BCUT2D eigenvalue weighted by atomic mass is 19.4. The highest BCUT2D eigenvalue weighted by Crippen LogP contribution is 2.78. The molecule has 2 bridgehead atoms. The number of fused-ring (bicyclic) bond motifs is 1. The van der Waals surface area contributed by atoms with E-state index in [0.29, 0.717) is 35.1 Å². The van der Waals surface area contributed by atoms with Crippen molar-refractivity contribution in [3.05, 3.63) is 41.4 Å². The molecule has 0 spiro atoms. The maximum Gasteiger partial charge on any atom is 0.394 e. The second kappa shape index (κ2) is 6.99. The number of aromatic nitrogens is 6. The molecule has 10 heteroatoms. The molecule has 1 aliphatic heterocycles. The minimum atomic E-state index is -4.17. The molecule has 5 aliphatic rings. The molecule has 0 N–H and O–H groups in total. The van der Waals surface area contributed by atoms with Gasteiger partial charge in [-0.3, -0.25) is 4.68 Å². The van der Waals surface area contributed by atoms with Gasteiger partial charge in [0.1, 0.15) is 11.3 Å². The average Bonchev–Trinajstić information content (AvgIpc) is 3.46. The molecular weight excluding hydrogens is 457 g/mol. The summed E-state index contributed by atoms with van der Waals surface area (Å²) in [6, 6.07) is 0.502. The van der Waals surface area contributed by atoms with Gasteiger partial charge in [-0.05, 0) is 58.8 Å². The van der Waals surface area contributed by atoms with Crippen molar-refractivity contribution in [2.45, 2.75) is 94.6 Å². The lowest BCUT2D eigenvalue weighted by Crippen LogP contribution is -2.70. The van der Waals surface area contributed by atoms with Crippen LogP contribution in [0.15, 0.2) is 18.6 Å². The van der Waals surface area contributed by atoms with Crippen molar-refractivity contribution >= 4 is 11.2 Å². The Hall–Kier alpha value is -2.62. The summed E-state index contributed by atoms with van der Waals surface area (Å²) in [7, 11) is 0. The third kappa shape index (κ3) is 3.24. The van der Waals surface area contributed by atoms with E-state index in [1.807, 2.05) is 24.7 Å². The average molecular weight is 485 g/mol. The van der Waals surface area contributed by atoms with E-state index in [2.05, 4.69) is 21.3 Å². The van der Waals surface area contributed by atoms with Gasteiger partial charge in [0.05, 0.1) is 41.2 Å². The van der Waals surface area contributed by atoms with Crippen LogP contribution in [0.1, 0.15) is 92.7 Å². The molecule has 0 radical (unpaired) electrons. The Kier molecular flexibility index (Phi) is 4.32. The zero-order chi connectivity index (χ0) is 24.2. The summed E-state index contributed by atoms with van der Waals surface area (Å²) in [5, 5.41) is 4.52. The first-order valence-corrected chi connectivity index (χ1v) is 12.4. The van der Waals surface area contributed by atoms with E-state index in [1.54, 1.807) is 6.20 Å². The molecule has 1 saturated heterocycles. The zero-order valence-corrected chi connectivity index (χ0v) is 19.7. The molecule has 0 unspecified atom stereocenters. The molecule has 3 atom stereocenters. The molecule has 7 nitrogen and oxygen atoms in total. The van der Waals surface area contributed by atoms with Crippen LogP contribution in [0.25, 0.3) is 11.2 Å². The van der Waals surface area contributed by atoms with Crippen molar-refractivity contribution in [1.82, 2.24) is 29.7 Å². The van der Waals surface area contributed by atoms with Crippen molar-refractivity contribution < 1.29 is 17.9 Å². The predicted octanol–water partition coefficient (Wildman–Crippen LogP) is 5.27.